The highest BCUT2D eigenvalue weighted by molar-refractivity contribution is 6.07. The molecule has 0 saturated carbocycles. The summed E-state index contributed by atoms with van der Waals surface area (Å²) in [5.41, 5.74) is 7.72. The SMILES string of the molecule is COCC1CNC(c2ncc(-c3ccc4c(c3)COc3cc5c(ccc6[nH]c(C)nc65)cc3-4)[nH]2)C1. The number of ether oxygens (including phenoxy) is 2. The van der Waals surface area contributed by atoms with Crippen molar-refractivity contribution in [2.45, 2.75) is 26.0 Å². The third-order valence-corrected chi connectivity index (χ3v) is 7.33. The minimum absolute atomic E-state index is 0.245. The Hall–Kier alpha value is -3.68. The molecule has 0 radical (unpaired) electrons. The molecule has 1 saturated heterocycles. The minimum Gasteiger partial charge on any atom is -0.488 e. The quantitative estimate of drug-likeness (QED) is 0.337. The predicted molar refractivity (Wildman–Crippen MR) is 136 cm³/mol. The van der Waals surface area contributed by atoms with Crippen molar-refractivity contribution in [1.82, 2.24) is 25.3 Å². The van der Waals surface area contributed by atoms with Crippen LogP contribution in [0.1, 0.15) is 29.7 Å². The molecule has 7 heteroatoms. The van der Waals surface area contributed by atoms with Gasteiger partial charge in [0.15, 0.2) is 0 Å². The second-order valence-electron chi connectivity index (χ2n) is 9.71. The van der Waals surface area contributed by atoms with Crippen molar-refractivity contribution in [3.63, 3.8) is 0 Å². The summed E-state index contributed by atoms with van der Waals surface area (Å²) < 4.78 is 11.6. The van der Waals surface area contributed by atoms with E-state index in [9.17, 15) is 0 Å². The van der Waals surface area contributed by atoms with Crippen LogP contribution in [0.2, 0.25) is 0 Å². The molecule has 2 aliphatic heterocycles. The van der Waals surface area contributed by atoms with E-state index >= 15 is 0 Å². The highest BCUT2D eigenvalue weighted by Crippen LogP contribution is 2.42. The maximum atomic E-state index is 6.24. The Morgan fingerprint density at radius 1 is 1.09 bits per heavy atom. The Morgan fingerprint density at radius 3 is 2.94 bits per heavy atom. The van der Waals surface area contributed by atoms with E-state index in [2.05, 4.69) is 62.7 Å². The molecule has 0 spiro atoms. The Kier molecular flexibility index (Phi) is 4.69. The number of nitrogens with zero attached hydrogens (tertiary/aromatic N) is 2. The lowest BCUT2D eigenvalue weighted by Crippen LogP contribution is -2.15. The van der Waals surface area contributed by atoms with Crippen molar-refractivity contribution >= 4 is 21.8 Å². The fourth-order valence-corrected chi connectivity index (χ4v) is 5.62. The first-order chi connectivity index (χ1) is 17.2. The highest BCUT2D eigenvalue weighted by Gasteiger charge is 2.27. The molecule has 176 valence electrons. The zero-order valence-corrected chi connectivity index (χ0v) is 19.8. The average molecular weight is 466 g/mol. The van der Waals surface area contributed by atoms with Crippen LogP contribution < -0.4 is 10.1 Å². The Labute approximate surface area is 202 Å². The lowest BCUT2D eigenvalue weighted by Gasteiger charge is -2.22. The molecular weight excluding hydrogens is 438 g/mol. The third-order valence-electron chi connectivity index (χ3n) is 7.33. The fourth-order valence-electron chi connectivity index (χ4n) is 5.62. The molecular formula is C28H27N5O2. The van der Waals surface area contributed by atoms with Crippen molar-refractivity contribution in [3.8, 4) is 28.1 Å². The number of rotatable bonds is 4. The van der Waals surface area contributed by atoms with Gasteiger partial charge in [0, 0.05) is 24.6 Å². The lowest BCUT2D eigenvalue weighted by atomic mass is 9.92. The summed E-state index contributed by atoms with van der Waals surface area (Å²) in [6, 6.07) is 15.5. The standard InChI is InChI=1S/C28H27N5O2/c1-15-31-23-6-4-17-9-22-20-5-3-18(8-19(20)14-35-26(22)10-21(17)27(23)32-15)25-12-30-28(33-25)24-7-16(11-29-24)13-34-2/h3-6,8-10,12,16,24,29H,7,11,13-14H2,1-2H3,(H,30,33)(H,31,32). The number of aryl methyl sites for hydroxylation is 1. The third kappa shape index (κ3) is 3.42. The lowest BCUT2D eigenvalue weighted by molar-refractivity contribution is 0.159. The van der Waals surface area contributed by atoms with Gasteiger partial charge < -0.3 is 24.8 Å². The molecule has 2 atom stereocenters. The number of fused-ring (bicyclic) bond motifs is 6. The van der Waals surface area contributed by atoms with Gasteiger partial charge in [-0.3, -0.25) is 0 Å². The molecule has 0 aliphatic carbocycles. The molecule has 0 bridgehead atoms. The summed E-state index contributed by atoms with van der Waals surface area (Å²) in [5, 5.41) is 5.84. The molecule has 0 amide bonds. The fraction of sp³-hybridized carbons (Fsp3) is 0.286. The largest absolute Gasteiger partial charge is 0.488 e. The topological polar surface area (TPSA) is 87.8 Å². The number of aromatic amines is 2. The van der Waals surface area contributed by atoms with E-state index in [4.69, 9.17) is 14.5 Å². The van der Waals surface area contributed by atoms with Gasteiger partial charge in [0.25, 0.3) is 0 Å². The molecule has 7 nitrogen and oxygen atoms in total. The van der Waals surface area contributed by atoms with E-state index < -0.39 is 0 Å². The Balaban J connectivity index is 1.22. The number of methoxy groups -OCH3 is 1. The van der Waals surface area contributed by atoms with Gasteiger partial charge in [0.2, 0.25) is 0 Å². The maximum absolute atomic E-state index is 6.24. The number of benzene rings is 3. The van der Waals surface area contributed by atoms with E-state index in [0.29, 0.717) is 12.5 Å². The monoisotopic (exact) mass is 465 g/mol. The predicted octanol–water partition coefficient (Wildman–Crippen LogP) is 5.27. The molecule has 35 heavy (non-hydrogen) atoms. The summed E-state index contributed by atoms with van der Waals surface area (Å²) in [4.78, 5) is 16.2. The van der Waals surface area contributed by atoms with E-state index in [1.54, 1.807) is 7.11 Å². The Bertz CT molecular complexity index is 1580. The van der Waals surface area contributed by atoms with Crippen molar-refractivity contribution < 1.29 is 9.47 Å². The Morgan fingerprint density at radius 2 is 2.03 bits per heavy atom. The van der Waals surface area contributed by atoms with E-state index in [-0.39, 0.29) is 6.04 Å². The molecule has 7 rings (SSSR count). The second-order valence-corrected chi connectivity index (χ2v) is 9.71. The average Bonchev–Trinajstić information content (AvgIpc) is 3.62. The van der Waals surface area contributed by atoms with Crippen LogP contribution in [-0.2, 0) is 11.3 Å². The van der Waals surface area contributed by atoms with Crippen molar-refractivity contribution in [2.24, 2.45) is 5.92 Å². The summed E-state index contributed by atoms with van der Waals surface area (Å²) in [7, 11) is 1.76. The number of nitrogens with one attached hydrogen (secondary N) is 3. The number of imidazole rings is 2. The van der Waals surface area contributed by atoms with Gasteiger partial charge in [0.05, 0.1) is 35.6 Å². The van der Waals surface area contributed by atoms with Crippen LogP contribution in [0.25, 0.3) is 44.2 Å². The molecule has 3 N–H and O–H groups in total. The first kappa shape index (κ1) is 20.7. The van der Waals surface area contributed by atoms with Gasteiger partial charge in [-0.2, -0.15) is 0 Å². The van der Waals surface area contributed by atoms with Crippen LogP contribution in [0.4, 0.5) is 0 Å². The van der Waals surface area contributed by atoms with Crippen molar-refractivity contribution in [3.05, 3.63) is 65.9 Å². The minimum atomic E-state index is 0.245. The first-order valence-electron chi connectivity index (χ1n) is 12.1. The van der Waals surface area contributed by atoms with Gasteiger partial charge in [0.1, 0.15) is 24.0 Å². The highest BCUT2D eigenvalue weighted by atomic mass is 16.5. The van der Waals surface area contributed by atoms with Crippen LogP contribution in [0, 0.1) is 12.8 Å². The van der Waals surface area contributed by atoms with E-state index in [1.165, 1.54) is 11.1 Å². The van der Waals surface area contributed by atoms with Gasteiger partial charge in [-0.25, -0.2) is 9.97 Å². The molecule has 5 aromatic rings. The number of hydrogen-bond donors (Lipinski definition) is 3. The van der Waals surface area contributed by atoms with Crippen LogP contribution >= 0.6 is 0 Å². The summed E-state index contributed by atoms with van der Waals surface area (Å²) in [6.07, 6.45) is 2.97. The summed E-state index contributed by atoms with van der Waals surface area (Å²) >= 11 is 0. The number of aromatic nitrogens is 4. The van der Waals surface area contributed by atoms with Crippen LogP contribution in [0.3, 0.4) is 0 Å². The van der Waals surface area contributed by atoms with Gasteiger partial charge in [-0.15, -0.1) is 0 Å². The molecule has 2 aliphatic rings. The van der Waals surface area contributed by atoms with Crippen molar-refractivity contribution in [1.29, 1.82) is 0 Å². The molecule has 3 aromatic carbocycles. The van der Waals surface area contributed by atoms with E-state index in [1.807, 2.05) is 13.1 Å². The maximum Gasteiger partial charge on any atom is 0.128 e. The van der Waals surface area contributed by atoms with Crippen LogP contribution in [0.15, 0.2) is 48.7 Å². The van der Waals surface area contributed by atoms with Gasteiger partial charge in [-0.1, -0.05) is 18.2 Å². The summed E-state index contributed by atoms with van der Waals surface area (Å²) in [5.74, 6) is 3.35. The smallest absolute Gasteiger partial charge is 0.128 e. The zero-order chi connectivity index (χ0) is 23.5. The van der Waals surface area contributed by atoms with Gasteiger partial charge in [-0.05, 0) is 65.6 Å². The first-order valence-corrected chi connectivity index (χ1v) is 12.1. The normalized spacial score (nSPS) is 19.1. The van der Waals surface area contributed by atoms with E-state index in [0.717, 1.165) is 75.6 Å². The zero-order valence-electron chi connectivity index (χ0n) is 19.8. The van der Waals surface area contributed by atoms with Crippen LogP contribution in [0.5, 0.6) is 5.75 Å². The molecule has 2 unspecified atom stereocenters. The van der Waals surface area contributed by atoms with Gasteiger partial charge >= 0.3 is 0 Å². The number of H-pyrrole nitrogens is 2. The second kappa shape index (κ2) is 7.93. The molecule has 1 fully saturated rings. The molecule has 4 heterocycles. The summed E-state index contributed by atoms with van der Waals surface area (Å²) in [6.45, 7) is 4.27. The molecule has 2 aromatic heterocycles. The number of hydrogen-bond acceptors (Lipinski definition) is 5. The van der Waals surface area contributed by atoms with Crippen molar-refractivity contribution in [2.75, 3.05) is 20.3 Å². The van der Waals surface area contributed by atoms with Crippen LogP contribution in [-0.4, -0.2) is 40.2 Å².